The third-order valence-corrected chi connectivity index (χ3v) is 4.72. The highest BCUT2D eigenvalue weighted by Gasteiger charge is 2.18. The molecule has 0 aliphatic carbocycles. The lowest BCUT2D eigenvalue weighted by Gasteiger charge is -2.37. The number of amidine groups is 2. The lowest BCUT2D eigenvalue weighted by Crippen LogP contribution is -2.46. The molecule has 1 fully saturated rings. The summed E-state index contributed by atoms with van der Waals surface area (Å²) in [5.41, 5.74) is 15.7. The van der Waals surface area contributed by atoms with E-state index in [-0.39, 0.29) is 0 Å². The maximum Gasteiger partial charge on any atom is 0.170 e. The number of piperazine rings is 1. The second-order valence-electron chi connectivity index (χ2n) is 6.39. The molecule has 1 saturated heterocycles. The molecule has 0 atom stereocenters. The molecule has 2 aromatic rings. The van der Waals surface area contributed by atoms with Crippen molar-refractivity contribution in [3.63, 3.8) is 0 Å². The van der Waals surface area contributed by atoms with Gasteiger partial charge in [-0.2, -0.15) is 0 Å². The summed E-state index contributed by atoms with van der Waals surface area (Å²) in [6.45, 7) is 3.76. The Bertz CT molecular complexity index is 753. The second kappa shape index (κ2) is 8.98. The summed E-state index contributed by atoms with van der Waals surface area (Å²) in [4.78, 5) is 14.2. The van der Waals surface area contributed by atoms with E-state index in [0.717, 1.165) is 37.3 Å². The first kappa shape index (κ1) is 19.3. The predicted octanol–water partition coefficient (Wildman–Crippen LogP) is 1.55. The quantitative estimate of drug-likeness (QED) is 0.446. The van der Waals surface area contributed by atoms with Crippen LogP contribution in [0.4, 0.5) is 11.4 Å². The zero-order valence-corrected chi connectivity index (χ0v) is 16.2. The highest BCUT2D eigenvalue weighted by atomic mass is 16.6. The molecule has 3 rings (SSSR count). The molecule has 0 unspecified atom stereocenters. The summed E-state index contributed by atoms with van der Waals surface area (Å²) >= 11 is 0. The van der Waals surface area contributed by atoms with Crippen LogP contribution in [0.2, 0.25) is 0 Å². The van der Waals surface area contributed by atoms with Gasteiger partial charge in [-0.05, 0) is 48.5 Å². The number of rotatable bonds is 6. The Morgan fingerprint density at radius 3 is 1.29 bits per heavy atom. The second-order valence-corrected chi connectivity index (χ2v) is 6.39. The number of hydrogen-bond donors (Lipinski definition) is 2. The van der Waals surface area contributed by atoms with E-state index in [1.165, 1.54) is 25.6 Å². The largest absolute Gasteiger partial charge is 0.397 e. The van der Waals surface area contributed by atoms with Crippen LogP contribution in [0.1, 0.15) is 11.1 Å². The van der Waals surface area contributed by atoms with Gasteiger partial charge in [0.15, 0.2) is 11.7 Å². The number of nitrogens with two attached hydrogens (primary N) is 2. The van der Waals surface area contributed by atoms with E-state index in [2.05, 4.69) is 44.4 Å². The van der Waals surface area contributed by atoms with Crippen molar-refractivity contribution in [1.82, 2.24) is 0 Å². The Balaban J connectivity index is 1.60. The summed E-state index contributed by atoms with van der Waals surface area (Å²) in [6, 6.07) is 16.1. The van der Waals surface area contributed by atoms with Crippen molar-refractivity contribution >= 4 is 23.0 Å². The fourth-order valence-corrected chi connectivity index (χ4v) is 3.21. The zero-order valence-electron chi connectivity index (χ0n) is 16.2. The molecule has 1 aliphatic heterocycles. The highest BCUT2D eigenvalue weighted by molar-refractivity contribution is 5.97. The maximum atomic E-state index is 5.85. The van der Waals surface area contributed by atoms with E-state index in [9.17, 15) is 0 Å². The fourth-order valence-electron chi connectivity index (χ4n) is 3.21. The van der Waals surface area contributed by atoms with Crippen LogP contribution in [0, 0.1) is 0 Å². The molecule has 0 amide bonds. The Morgan fingerprint density at radius 2 is 1.00 bits per heavy atom. The number of nitrogens with zero attached hydrogens (tertiary/aromatic N) is 4. The molecule has 0 saturated carbocycles. The smallest absolute Gasteiger partial charge is 0.170 e. The summed E-state index contributed by atoms with van der Waals surface area (Å²) in [6.07, 6.45) is 0. The van der Waals surface area contributed by atoms with E-state index < -0.39 is 0 Å². The van der Waals surface area contributed by atoms with Crippen LogP contribution in [0.15, 0.2) is 58.8 Å². The lowest BCUT2D eigenvalue weighted by atomic mass is 10.1. The van der Waals surface area contributed by atoms with Gasteiger partial charge in [-0.3, -0.25) is 0 Å². The van der Waals surface area contributed by atoms with Crippen molar-refractivity contribution < 1.29 is 9.68 Å². The van der Waals surface area contributed by atoms with Crippen molar-refractivity contribution in [3.8, 4) is 0 Å². The van der Waals surface area contributed by atoms with Crippen LogP contribution in [0.5, 0.6) is 0 Å². The molecule has 8 nitrogen and oxygen atoms in total. The van der Waals surface area contributed by atoms with Gasteiger partial charge in [0.2, 0.25) is 0 Å². The Morgan fingerprint density at radius 1 is 0.679 bits per heavy atom. The first-order valence-corrected chi connectivity index (χ1v) is 9.06. The van der Waals surface area contributed by atoms with Crippen LogP contribution < -0.4 is 21.3 Å². The molecule has 0 bridgehead atoms. The van der Waals surface area contributed by atoms with E-state index in [1.54, 1.807) is 0 Å². The van der Waals surface area contributed by atoms with Crippen molar-refractivity contribution in [2.24, 2.45) is 21.8 Å². The average Bonchev–Trinajstić information content (AvgIpc) is 2.74. The molecule has 28 heavy (non-hydrogen) atoms. The molecule has 1 aliphatic rings. The molecule has 2 aromatic carbocycles. The topological polar surface area (TPSA) is 102 Å². The fraction of sp³-hybridized carbons (Fsp3) is 0.300. The average molecular weight is 382 g/mol. The first-order valence-electron chi connectivity index (χ1n) is 9.06. The van der Waals surface area contributed by atoms with Crippen LogP contribution in [0.25, 0.3) is 0 Å². The van der Waals surface area contributed by atoms with Gasteiger partial charge in [-0.1, -0.05) is 10.3 Å². The molecule has 148 valence electrons. The van der Waals surface area contributed by atoms with Crippen LogP contribution in [-0.2, 0) is 9.68 Å². The molecular weight excluding hydrogens is 356 g/mol. The number of hydrogen-bond acceptors (Lipinski definition) is 6. The molecule has 1 heterocycles. The van der Waals surface area contributed by atoms with Crippen LogP contribution in [0.3, 0.4) is 0 Å². The standard InChI is InChI=1S/C20H26N6O2/c1-27-23-19(21)15-3-7-17(8-4-15)25-11-13-26(14-12-25)18-9-5-16(6-10-18)20(22)24-28-2/h3-10H,11-14H2,1-2H3,(H2,21,23)(H2,22,24). The molecule has 8 heteroatoms. The molecule has 0 radical (unpaired) electrons. The Hall–Kier alpha value is -3.42. The first-order chi connectivity index (χ1) is 13.6. The Kier molecular flexibility index (Phi) is 6.21. The van der Waals surface area contributed by atoms with Gasteiger partial charge in [-0.15, -0.1) is 0 Å². The van der Waals surface area contributed by atoms with Crippen molar-refractivity contribution in [3.05, 3.63) is 59.7 Å². The van der Waals surface area contributed by atoms with Crippen molar-refractivity contribution in [2.45, 2.75) is 0 Å². The van der Waals surface area contributed by atoms with Gasteiger partial charge in [0.25, 0.3) is 0 Å². The summed E-state index contributed by atoms with van der Waals surface area (Å²) in [5, 5.41) is 7.52. The van der Waals surface area contributed by atoms with Gasteiger partial charge < -0.3 is 30.9 Å². The zero-order chi connectivity index (χ0) is 19.9. The maximum absolute atomic E-state index is 5.85. The lowest BCUT2D eigenvalue weighted by molar-refractivity contribution is 0.213. The van der Waals surface area contributed by atoms with E-state index in [4.69, 9.17) is 21.1 Å². The predicted molar refractivity (Wildman–Crippen MR) is 113 cm³/mol. The highest BCUT2D eigenvalue weighted by Crippen LogP contribution is 2.21. The minimum Gasteiger partial charge on any atom is -0.397 e. The minimum atomic E-state index is 0.374. The van der Waals surface area contributed by atoms with Crippen molar-refractivity contribution in [1.29, 1.82) is 0 Å². The van der Waals surface area contributed by atoms with Crippen molar-refractivity contribution in [2.75, 3.05) is 50.2 Å². The monoisotopic (exact) mass is 382 g/mol. The molecular formula is C20H26N6O2. The van der Waals surface area contributed by atoms with E-state index in [0.29, 0.717) is 11.7 Å². The van der Waals surface area contributed by atoms with Crippen LogP contribution >= 0.6 is 0 Å². The summed E-state index contributed by atoms with van der Waals surface area (Å²) in [7, 11) is 2.97. The number of benzene rings is 2. The molecule has 0 aromatic heterocycles. The summed E-state index contributed by atoms with van der Waals surface area (Å²) < 4.78 is 0. The van der Waals surface area contributed by atoms with E-state index >= 15 is 0 Å². The van der Waals surface area contributed by atoms with Gasteiger partial charge in [0.1, 0.15) is 14.2 Å². The SMILES string of the molecule is CO/N=C(\N)c1ccc(N2CCN(c3ccc(/C(N)=N/OC)cc3)CC2)cc1. The normalized spacial score (nSPS) is 15.5. The third-order valence-electron chi connectivity index (χ3n) is 4.72. The molecule has 0 spiro atoms. The van der Waals surface area contributed by atoms with Gasteiger partial charge >= 0.3 is 0 Å². The summed E-state index contributed by atoms with van der Waals surface area (Å²) in [5.74, 6) is 0.747. The van der Waals surface area contributed by atoms with Gasteiger partial charge in [0.05, 0.1) is 0 Å². The van der Waals surface area contributed by atoms with Gasteiger partial charge in [-0.25, -0.2) is 0 Å². The Labute approximate surface area is 165 Å². The van der Waals surface area contributed by atoms with Crippen LogP contribution in [-0.4, -0.2) is 52.1 Å². The molecule has 4 N–H and O–H groups in total. The number of oxime groups is 2. The van der Waals surface area contributed by atoms with E-state index in [1.807, 2.05) is 24.3 Å². The minimum absolute atomic E-state index is 0.374. The third kappa shape index (κ3) is 4.46. The van der Waals surface area contributed by atoms with Gasteiger partial charge in [0, 0.05) is 48.7 Å². The number of anilines is 2.